The zero-order valence-corrected chi connectivity index (χ0v) is 19.1. The van der Waals surface area contributed by atoms with E-state index in [2.05, 4.69) is 5.10 Å². The van der Waals surface area contributed by atoms with E-state index in [9.17, 15) is 5.11 Å². The van der Waals surface area contributed by atoms with E-state index < -0.39 is 12.7 Å². The van der Waals surface area contributed by atoms with Crippen LogP contribution in [0.2, 0.25) is 0 Å². The first kappa shape index (κ1) is 23.0. The lowest BCUT2D eigenvalue weighted by Gasteiger charge is -2.43. The summed E-state index contributed by atoms with van der Waals surface area (Å²) in [4.78, 5) is 0. The van der Waals surface area contributed by atoms with Crippen LogP contribution >= 0.6 is 0 Å². The molecule has 0 radical (unpaired) electrons. The lowest BCUT2D eigenvalue weighted by Crippen LogP contribution is -2.51. The lowest BCUT2D eigenvalue weighted by atomic mass is 9.77. The molecule has 0 spiro atoms. The van der Waals surface area contributed by atoms with Crippen molar-refractivity contribution < 1.29 is 19.2 Å². The Kier molecular flexibility index (Phi) is 6.77. The molecule has 1 N–H and O–H groups in total. The number of rotatable bonds is 6. The standard InChI is InChI=1S/C21H29BN2O4.C2H6/c1-19(2)20(3,4)28-22(27-19)17-12-23-24(13-17)15-21(25)10-18(11-21)26-14-16-8-6-5-7-9-16;1-2/h5-9,12-13,18,25H,10-11,14-15H2,1-4H3;1-2H3. The Labute approximate surface area is 180 Å². The van der Waals surface area contributed by atoms with Gasteiger partial charge in [0.15, 0.2) is 0 Å². The zero-order valence-electron chi connectivity index (χ0n) is 19.1. The third-order valence-corrected chi connectivity index (χ3v) is 6.18. The monoisotopic (exact) mass is 414 g/mol. The van der Waals surface area contributed by atoms with Crippen LogP contribution in [0.1, 0.15) is 59.9 Å². The van der Waals surface area contributed by atoms with E-state index in [0.29, 0.717) is 26.0 Å². The number of benzene rings is 1. The molecule has 2 aliphatic rings. The van der Waals surface area contributed by atoms with Crippen molar-refractivity contribution >= 4 is 12.6 Å². The molecule has 2 fully saturated rings. The summed E-state index contributed by atoms with van der Waals surface area (Å²) in [5.74, 6) is 0. The van der Waals surface area contributed by atoms with E-state index in [4.69, 9.17) is 14.0 Å². The Hall–Kier alpha value is -1.67. The van der Waals surface area contributed by atoms with E-state index in [1.165, 1.54) is 0 Å². The van der Waals surface area contributed by atoms with Crippen molar-refractivity contribution in [1.29, 1.82) is 0 Å². The van der Waals surface area contributed by atoms with E-state index in [1.807, 2.05) is 78.1 Å². The van der Waals surface area contributed by atoms with Crippen molar-refractivity contribution in [2.75, 3.05) is 0 Å². The van der Waals surface area contributed by atoms with Gasteiger partial charge in [0, 0.05) is 30.7 Å². The summed E-state index contributed by atoms with van der Waals surface area (Å²) in [7, 11) is -0.434. The second kappa shape index (κ2) is 8.83. The van der Waals surface area contributed by atoms with Crippen LogP contribution in [-0.2, 0) is 27.2 Å². The van der Waals surface area contributed by atoms with Crippen LogP contribution in [0.25, 0.3) is 0 Å². The van der Waals surface area contributed by atoms with Crippen LogP contribution in [0.3, 0.4) is 0 Å². The number of aromatic nitrogens is 2. The molecule has 1 saturated carbocycles. The molecule has 1 aliphatic heterocycles. The van der Waals surface area contributed by atoms with Gasteiger partial charge in [-0.3, -0.25) is 4.68 Å². The second-order valence-corrected chi connectivity index (χ2v) is 9.11. The molecule has 0 unspecified atom stereocenters. The van der Waals surface area contributed by atoms with Crippen molar-refractivity contribution in [1.82, 2.24) is 9.78 Å². The summed E-state index contributed by atoms with van der Waals surface area (Å²) in [6.45, 7) is 13.1. The predicted molar refractivity (Wildman–Crippen MR) is 118 cm³/mol. The molecule has 2 aromatic rings. The van der Waals surface area contributed by atoms with Crippen LogP contribution in [0, 0.1) is 0 Å². The number of ether oxygens (including phenoxy) is 1. The minimum Gasteiger partial charge on any atom is -0.399 e. The second-order valence-electron chi connectivity index (χ2n) is 9.11. The Bertz CT molecular complexity index is 800. The molecule has 4 rings (SSSR count). The number of aliphatic hydroxyl groups is 1. The molecule has 2 heterocycles. The van der Waals surface area contributed by atoms with Gasteiger partial charge in [-0.25, -0.2) is 0 Å². The number of nitrogens with zero attached hydrogens (tertiary/aromatic N) is 2. The first-order valence-corrected chi connectivity index (χ1v) is 10.9. The van der Waals surface area contributed by atoms with Crippen molar-refractivity contribution in [2.24, 2.45) is 0 Å². The van der Waals surface area contributed by atoms with E-state index in [1.54, 1.807) is 10.9 Å². The van der Waals surface area contributed by atoms with Gasteiger partial charge in [-0.2, -0.15) is 5.10 Å². The fourth-order valence-corrected chi connectivity index (χ4v) is 3.69. The molecule has 0 atom stereocenters. The Morgan fingerprint density at radius 3 is 2.30 bits per heavy atom. The Balaban J connectivity index is 0.00000124. The van der Waals surface area contributed by atoms with Gasteiger partial charge in [-0.1, -0.05) is 44.2 Å². The van der Waals surface area contributed by atoms with Gasteiger partial charge in [-0.15, -0.1) is 0 Å². The first-order chi connectivity index (χ1) is 14.2. The summed E-state index contributed by atoms with van der Waals surface area (Å²) in [5.41, 5.74) is 0.487. The number of hydrogen-bond donors (Lipinski definition) is 1. The molecule has 0 bridgehead atoms. The highest BCUT2D eigenvalue weighted by molar-refractivity contribution is 6.61. The predicted octanol–water partition coefficient (Wildman–Crippen LogP) is 3.32. The van der Waals surface area contributed by atoms with Crippen LogP contribution in [0.15, 0.2) is 42.7 Å². The Morgan fingerprint density at radius 1 is 1.10 bits per heavy atom. The number of hydrogen-bond acceptors (Lipinski definition) is 5. The van der Waals surface area contributed by atoms with Crippen LogP contribution in [0.5, 0.6) is 0 Å². The molecule has 1 aliphatic carbocycles. The van der Waals surface area contributed by atoms with Gasteiger partial charge in [-0.05, 0) is 33.3 Å². The lowest BCUT2D eigenvalue weighted by molar-refractivity contribution is -0.152. The maximum Gasteiger partial charge on any atom is 0.498 e. The average molecular weight is 414 g/mol. The SMILES string of the molecule is CC.CC1(C)OB(c2cnn(CC3(O)CC(OCc4ccccc4)C3)c2)OC1(C)C. The van der Waals surface area contributed by atoms with Gasteiger partial charge in [0.05, 0.1) is 36.1 Å². The minimum absolute atomic E-state index is 0.0864. The summed E-state index contributed by atoms with van der Waals surface area (Å²) in [6, 6.07) is 10.1. The normalized spacial score (nSPS) is 26.6. The maximum atomic E-state index is 10.8. The van der Waals surface area contributed by atoms with Crippen molar-refractivity contribution in [3.63, 3.8) is 0 Å². The quantitative estimate of drug-likeness (QED) is 0.735. The zero-order chi connectivity index (χ0) is 22.0. The highest BCUT2D eigenvalue weighted by Crippen LogP contribution is 2.37. The third kappa shape index (κ3) is 4.97. The molecule has 6 nitrogen and oxygen atoms in total. The van der Waals surface area contributed by atoms with Gasteiger partial charge in [0.1, 0.15) is 0 Å². The third-order valence-electron chi connectivity index (χ3n) is 6.18. The Morgan fingerprint density at radius 2 is 1.70 bits per heavy atom. The molecular weight excluding hydrogens is 379 g/mol. The van der Waals surface area contributed by atoms with Crippen molar-refractivity contribution in [3.05, 3.63) is 48.3 Å². The molecule has 1 saturated heterocycles. The molecule has 7 heteroatoms. The van der Waals surface area contributed by atoms with E-state index >= 15 is 0 Å². The summed E-state index contributed by atoms with van der Waals surface area (Å²) >= 11 is 0. The van der Waals surface area contributed by atoms with Gasteiger partial charge < -0.3 is 19.2 Å². The van der Waals surface area contributed by atoms with E-state index in [0.717, 1.165) is 11.0 Å². The first-order valence-electron chi connectivity index (χ1n) is 10.9. The van der Waals surface area contributed by atoms with Crippen LogP contribution in [0.4, 0.5) is 0 Å². The summed E-state index contributed by atoms with van der Waals surface area (Å²) in [6.07, 6.45) is 4.98. The maximum absolute atomic E-state index is 10.8. The molecule has 30 heavy (non-hydrogen) atoms. The molecule has 0 amide bonds. The highest BCUT2D eigenvalue weighted by atomic mass is 16.7. The van der Waals surface area contributed by atoms with E-state index in [-0.39, 0.29) is 17.3 Å². The molecule has 1 aromatic carbocycles. The summed E-state index contributed by atoms with van der Waals surface area (Å²) in [5, 5.41) is 15.2. The van der Waals surface area contributed by atoms with Crippen LogP contribution in [-0.4, -0.2) is 44.9 Å². The van der Waals surface area contributed by atoms with Gasteiger partial charge in [0.25, 0.3) is 0 Å². The molecular formula is C23H35BN2O4. The fraction of sp³-hybridized carbons (Fsp3) is 0.609. The summed E-state index contributed by atoms with van der Waals surface area (Å²) < 4.78 is 19.8. The van der Waals surface area contributed by atoms with Gasteiger partial charge in [0.2, 0.25) is 0 Å². The largest absolute Gasteiger partial charge is 0.498 e. The van der Waals surface area contributed by atoms with Crippen molar-refractivity contribution in [2.45, 2.75) is 90.4 Å². The fourth-order valence-electron chi connectivity index (χ4n) is 3.69. The van der Waals surface area contributed by atoms with Gasteiger partial charge >= 0.3 is 7.12 Å². The van der Waals surface area contributed by atoms with Crippen molar-refractivity contribution in [3.8, 4) is 0 Å². The average Bonchev–Trinajstić information content (AvgIpc) is 3.22. The minimum atomic E-state index is -0.777. The smallest absolute Gasteiger partial charge is 0.399 e. The molecule has 164 valence electrons. The molecule has 1 aromatic heterocycles. The highest BCUT2D eigenvalue weighted by Gasteiger charge is 2.52. The topological polar surface area (TPSA) is 65.7 Å². The van der Waals surface area contributed by atoms with Crippen LogP contribution < -0.4 is 5.46 Å².